The van der Waals surface area contributed by atoms with Crippen molar-refractivity contribution in [3.8, 4) is 11.4 Å². The maximum atomic E-state index is 11.5. The third-order valence-electron chi connectivity index (χ3n) is 2.51. The van der Waals surface area contributed by atoms with Gasteiger partial charge in [-0.2, -0.15) is 4.73 Å². The summed E-state index contributed by atoms with van der Waals surface area (Å²) in [5.41, 5.74) is 1.07. The second kappa shape index (κ2) is 4.70. The van der Waals surface area contributed by atoms with Crippen LogP contribution in [0.1, 0.15) is 16.2 Å². The van der Waals surface area contributed by atoms with Crippen molar-refractivity contribution in [2.75, 3.05) is 7.11 Å². The number of hydrogen-bond acceptors (Lipinski definition) is 4. The Morgan fingerprint density at radius 2 is 2.00 bits per heavy atom. The summed E-state index contributed by atoms with van der Waals surface area (Å²) < 4.78 is 5.31. The van der Waals surface area contributed by atoms with Gasteiger partial charge in [0.2, 0.25) is 0 Å². The highest BCUT2D eigenvalue weighted by Crippen LogP contribution is 2.23. The molecule has 0 bridgehead atoms. The van der Waals surface area contributed by atoms with Crippen molar-refractivity contribution in [1.82, 2.24) is 9.71 Å². The number of halogens is 1. The zero-order valence-corrected chi connectivity index (χ0v) is 10.6. The van der Waals surface area contributed by atoms with E-state index in [9.17, 15) is 10.0 Å². The predicted octanol–water partition coefficient (Wildman–Crippen LogP) is 2.54. The first kappa shape index (κ1) is 12.4. The van der Waals surface area contributed by atoms with Gasteiger partial charge in [0.25, 0.3) is 0 Å². The van der Waals surface area contributed by atoms with Crippen LogP contribution >= 0.6 is 11.6 Å². The molecule has 0 fully saturated rings. The first-order valence-corrected chi connectivity index (χ1v) is 5.55. The smallest absolute Gasteiger partial charge is 0.360 e. The Balaban J connectivity index is 2.53. The Labute approximate surface area is 109 Å². The minimum atomic E-state index is -0.636. The number of carbonyl (C=O) groups excluding carboxylic acids is 1. The molecule has 0 radical (unpaired) electrons. The number of methoxy groups -OCH3 is 1. The lowest BCUT2D eigenvalue weighted by atomic mass is 10.2. The van der Waals surface area contributed by atoms with Gasteiger partial charge >= 0.3 is 5.97 Å². The van der Waals surface area contributed by atoms with E-state index in [0.717, 1.165) is 4.73 Å². The standard InChI is InChI=1S/C12H11ClN2O3/c1-7-10(12(16)18-2)15(17)11(14-7)8-3-5-9(13)6-4-8/h3-6,17H,1-2H3. The molecule has 5 nitrogen and oxygen atoms in total. The van der Waals surface area contributed by atoms with E-state index in [1.807, 2.05) is 0 Å². The monoisotopic (exact) mass is 266 g/mol. The molecule has 0 unspecified atom stereocenters. The van der Waals surface area contributed by atoms with Gasteiger partial charge in [-0.25, -0.2) is 9.78 Å². The maximum Gasteiger partial charge on any atom is 0.360 e. The molecular weight excluding hydrogens is 256 g/mol. The van der Waals surface area contributed by atoms with Crippen LogP contribution in [0.3, 0.4) is 0 Å². The quantitative estimate of drug-likeness (QED) is 0.670. The van der Waals surface area contributed by atoms with Gasteiger partial charge in [0.15, 0.2) is 11.5 Å². The second-order valence-electron chi connectivity index (χ2n) is 3.68. The van der Waals surface area contributed by atoms with Crippen LogP contribution in [0.2, 0.25) is 5.02 Å². The van der Waals surface area contributed by atoms with Crippen molar-refractivity contribution in [3.63, 3.8) is 0 Å². The molecule has 0 aliphatic heterocycles. The van der Waals surface area contributed by atoms with Gasteiger partial charge < -0.3 is 9.94 Å². The first-order valence-electron chi connectivity index (χ1n) is 5.17. The van der Waals surface area contributed by atoms with Gasteiger partial charge in [-0.3, -0.25) is 0 Å². The molecule has 2 rings (SSSR count). The van der Waals surface area contributed by atoms with Crippen LogP contribution in [0.5, 0.6) is 0 Å². The van der Waals surface area contributed by atoms with Crippen molar-refractivity contribution in [3.05, 3.63) is 40.7 Å². The Hall–Kier alpha value is -2.01. The van der Waals surface area contributed by atoms with E-state index in [1.54, 1.807) is 31.2 Å². The van der Waals surface area contributed by atoms with E-state index in [1.165, 1.54) is 7.11 Å². The summed E-state index contributed by atoms with van der Waals surface area (Å²) in [5.74, 6) is -0.368. The number of ether oxygens (including phenoxy) is 1. The summed E-state index contributed by atoms with van der Waals surface area (Å²) in [6, 6.07) is 6.77. The number of hydrogen-bond donors (Lipinski definition) is 1. The van der Waals surface area contributed by atoms with Gasteiger partial charge in [-0.05, 0) is 31.2 Å². The highest BCUT2D eigenvalue weighted by Gasteiger charge is 2.21. The number of rotatable bonds is 2. The highest BCUT2D eigenvalue weighted by molar-refractivity contribution is 6.30. The molecule has 0 aliphatic carbocycles. The van der Waals surface area contributed by atoms with Crippen molar-refractivity contribution in [2.45, 2.75) is 6.92 Å². The molecule has 1 aromatic carbocycles. The molecule has 0 saturated carbocycles. The first-order chi connectivity index (χ1) is 8.54. The average Bonchev–Trinajstić information content (AvgIpc) is 2.65. The van der Waals surface area contributed by atoms with Crippen LogP contribution in [0.25, 0.3) is 11.4 Å². The zero-order chi connectivity index (χ0) is 13.3. The van der Waals surface area contributed by atoms with Crippen LogP contribution in [0.15, 0.2) is 24.3 Å². The largest absolute Gasteiger partial charge is 0.464 e. The Kier molecular flexibility index (Phi) is 3.25. The minimum Gasteiger partial charge on any atom is -0.464 e. The van der Waals surface area contributed by atoms with Crippen LogP contribution in [-0.4, -0.2) is 28.0 Å². The summed E-state index contributed by atoms with van der Waals surface area (Å²) in [7, 11) is 1.25. The third kappa shape index (κ3) is 2.04. The predicted molar refractivity (Wildman–Crippen MR) is 65.9 cm³/mol. The van der Waals surface area contributed by atoms with E-state index in [0.29, 0.717) is 16.3 Å². The number of aromatic nitrogens is 2. The van der Waals surface area contributed by atoms with Crippen LogP contribution < -0.4 is 0 Å². The number of esters is 1. The maximum absolute atomic E-state index is 11.5. The van der Waals surface area contributed by atoms with Crippen LogP contribution in [-0.2, 0) is 4.74 Å². The van der Waals surface area contributed by atoms with Gasteiger partial charge in [0.1, 0.15) is 0 Å². The Morgan fingerprint density at radius 1 is 1.39 bits per heavy atom. The molecule has 18 heavy (non-hydrogen) atoms. The summed E-state index contributed by atoms with van der Waals surface area (Å²) in [4.78, 5) is 15.6. The van der Waals surface area contributed by atoms with Crippen molar-refractivity contribution in [2.24, 2.45) is 0 Å². The Morgan fingerprint density at radius 3 is 2.56 bits per heavy atom. The van der Waals surface area contributed by atoms with Gasteiger partial charge in [0, 0.05) is 10.6 Å². The third-order valence-corrected chi connectivity index (χ3v) is 2.76. The van der Waals surface area contributed by atoms with Gasteiger partial charge in [0.05, 0.1) is 12.8 Å². The normalized spacial score (nSPS) is 10.4. The number of imidazole rings is 1. The fraction of sp³-hybridized carbons (Fsp3) is 0.167. The SMILES string of the molecule is COC(=O)c1c(C)nc(-c2ccc(Cl)cc2)n1O. The second-order valence-corrected chi connectivity index (χ2v) is 4.12. The summed E-state index contributed by atoms with van der Waals surface area (Å²) >= 11 is 5.78. The van der Waals surface area contributed by atoms with E-state index in [-0.39, 0.29) is 11.5 Å². The lowest BCUT2D eigenvalue weighted by Gasteiger charge is -2.03. The summed E-state index contributed by atoms with van der Waals surface area (Å²) in [6.07, 6.45) is 0. The molecule has 0 aliphatic rings. The van der Waals surface area contributed by atoms with Gasteiger partial charge in [-0.15, -0.1) is 0 Å². The molecule has 0 amide bonds. The molecule has 2 aromatic rings. The molecule has 1 heterocycles. The molecule has 0 spiro atoms. The molecular formula is C12H11ClN2O3. The molecule has 94 valence electrons. The van der Waals surface area contributed by atoms with Crippen molar-refractivity contribution in [1.29, 1.82) is 0 Å². The van der Waals surface area contributed by atoms with Crippen LogP contribution in [0, 0.1) is 6.92 Å². The molecule has 0 saturated heterocycles. The molecule has 1 aromatic heterocycles. The summed E-state index contributed by atoms with van der Waals surface area (Å²) in [5, 5.41) is 10.5. The van der Waals surface area contributed by atoms with Crippen LogP contribution in [0.4, 0.5) is 0 Å². The van der Waals surface area contributed by atoms with Crippen molar-refractivity contribution >= 4 is 17.6 Å². The average molecular weight is 267 g/mol. The summed E-state index contributed by atoms with van der Waals surface area (Å²) in [6.45, 7) is 1.62. The highest BCUT2D eigenvalue weighted by atomic mass is 35.5. The lowest BCUT2D eigenvalue weighted by molar-refractivity contribution is 0.0549. The molecule has 1 N–H and O–H groups in total. The fourth-order valence-corrected chi connectivity index (χ4v) is 1.76. The topological polar surface area (TPSA) is 64.3 Å². The minimum absolute atomic E-state index is 0.0162. The van der Waals surface area contributed by atoms with Crippen molar-refractivity contribution < 1.29 is 14.7 Å². The fourth-order valence-electron chi connectivity index (χ4n) is 1.63. The lowest BCUT2D eigenvalue weighted by Crippen LogP contribution is -2.10. The molecule has 6 heteroatoms. The van der Waals surface area contributed by atoms with Gasteiger partial charge in [-0.1, -0.05) is 11.6 Å². The number of carbonyl (C=O) groups is 1. The molecule has 0 atom stereocenters. The number of aryl methyl sites for hydroxylation is 1. The number of nitrogens with zero attached hydrogens (tertiary/aromatic N) is 2. The zero-order valence-electron chi connectivity index (χ0n) is 9.85. The number of benzene rings is 1. The van der Waals surface area contributed by atoms with E-state index in [4.69, 9.17) is 11.6 Å². The van der Waals surface area contributed by atoms with E-state index >= 15 is 0 Å². The Bertz CT molecular complexity index is 590. The van der Waals surface area contributed by atoms with E-state index in [2.05, 4.69) is 9.72 Å². The van der Waals surface area contributed by atoms with E-state index < -0.39 is 5.97 Å².